The second-order valence-electron chi connectivity index (χ2n) is 4.31. The van der Waals surface area contributed by atoms with Crippen molar-refractivity contribution >= 4 is 28.9 Å². The van der Waals surface area contributed by atoms with Crippen molar-refractivity contribution < 1.29 is 9.47 Å². The van der Waals surface area contributed by atoms with Crippen LogP contribution < -0.4 is 19.7 Å². The molecule has 0 spiro atoms. The van der Waals surface area contributed by atoms with Crippen LogP contribution in [-0.4, -0.2) is 37.3 Å². The van der Waals surface area contributed by atoms with E-state index in [9.17, 15) is 0 Å². The Morgan fingerprint density at radius 3 is 3.06 bits per heavy atom. The maximum Gasteiger partial charge on any atom is 0.206 e. The Balaban J connectivity index is 1.90. The summed E-state index contributed by atoms with van der Waals surface area (Å²) in [5.74, 6) is 1.46. The fraction of sp³-hybridized carbons (Fsp3) is 0.500. The number of benzene rings is 1. The van der Waals surface area contributed by atoms with Crippen LogP contribution in [0.5, 0.6) is 11.5 Å². The van der Waals surface area contributed by atoms with E-state index in [1.165, 1.54) is 0 Å². The van der Waals surface area contributed by atoms with Gasteiger partial charge in [-0.25, -0.2) is 0 Å². The lowest BCUT2D eigenvalue weighted by molar-refractivity contribution is 0.144. The lowest BCUT2D eigenvalue weighted by Crippen LogP contribution is -2.48. The number of nitrogens with zero attached hydrogens (tertiary/aromatic N) is 1. The molecule has 2 unspecified atom stereocenters. The van der Waals surface area contributed by atoms with E-state index >= 15 is 0 Å². The summed E-state index contributed by atoms with van der Waals surface area (Å²) in [6, 6.07) is 5.83. The van der Waals surface area contributed by atoms with Crippen LogP contribution in [0.3, 0.4) is 0 Å². The lowest BCUT2D eigenvalue weighted by Gasteiger charge is -2.35. The van der Waals surface area contributed by atoms with E-state index < -0.39 is 5.56 Å². The number of ether oxygens (including phenoxy) is 2. The molecule has 2 aliphatic heterocycles. The van der Waals surface area contributed by atoms with Crippen molar-refractivity contribution in [3.8, 4) is 11.5 Å². The van der Waals surface area contributed by atoms with Gasteiger partial charge in [0.1, 0.15) is 12.1 Å². The molecule has 2 heterocycles. The van der Waals surface area contributed by atoms with Crippen LogP contribution in [0.15, 0.2) is 18.2 Å². The van der Waals surface area contributed by atoms with E-state index in [0.29, 0.717) is 12.4 Å². The van der Waals surface area contributed by atoms with Crippen molar-refractivity contribution in [3.05, 3.63) is 18.2 Å². The smallest absolute Gasteiger partial charge is 0.206 e. The third-order valence-corrected chi connectivity index (χ3v) is 3.55. The Morgan fingerprint density at radius 2 is 2.22 bits per heavy atom. The second kappa shape index (κ2) is 5.03. The van der Waals surface area contributed by atoms with Gasteiger partial charge in [-0.1, -0.05) is 17.7 Å². The molecular formula is C12H14Cl2N2O2. The molecule has 1 aromatic carbocycles. The minimum atomic E-state index is -0.420. The van der Waals surface area contributed by atoms with Crippen molar-refractivity contribution in [1.82, 2.24) is 5.32 Å². The van der Waals surface area contributed by atoms with E-state index in [1.807, 2.05) is 18.2 Å². The molecular weight excluding hydrogens is 275 g/mol. The summed E-state index contributed by atoms with van der Waals surface area (Å²) in [4.78, 5) is 2.20. The molecule has 0 amide bonds. The Kier molecular flexibility index (Phi) is 3.41. The molecule has 98 valence electrons. The number of hydrogen-bond acceptors (Lipinski definition) is 4. The molecule has 0 bridgehead atoms. The molecule has 1 N–H and O–H groups in total. The Labute approximate surface area is 116 Å². The molecule has 18 heavy (non-hydrogen) atoms. The largest absolute Gasteiger partial charge is 0.482 e. The molecule has 2 atom stereocenters. The van der Waals surface area contributed by atoms with Crippen molar-refractivity contribution in [2.75, 3.05) is 31.1 Å². The first-order valence-electron chi connectivity index (χ1n) is 5.93. The van der Waals surface area contributed by atoms with Crippen molar-refractivity contribution in [2.24, 2.45) is 0 Å². The van der Waals surface area contributed by atoms with Gasteiger partial charge in [-0.3, -0.25) is 5.32 Å². The van der Waals surface area contributed by atoms with Gasteiger partial charge in [0.05, 0.1) is 5.69 Å². The van der Waals surface area contributed by atoms with Crippen molar-refractivity contribution in [3.63, 3.8) is 0 Å². The Hall–Kier alpha value is -0.840. The van der Waals surface area contributed by atoms with E-state index in [1.54, 1.807) is 0 Å². The SMILES string of the molecule is ClC1CN(c2cccc3c2OCC(Cl)O3)CCN1. The summed E-state index contributed by atoms with van der Waals surface area (Å²) in [6.45, 7) is 2.86. The number of nitrogens with one attached hydrogen (secondary N) is 1. The topological polar surface area (TPSA) is 33.7 Å². The average molecular weight is 289 g/mol. The summed E-state index contributed by atoms with van der Waals surface area (Å²) >= 11 is 12.0. The molecule has 4 nitrogen and oxygen atoms in total. The highest BCUT2D eigenvalue weighted by atomic mass is 35.5. The van der Waals surface area contributed by atoms with Gasteiger partial charge in [0.2, 0.25) is 5.56 Å². The number of alkyl halides is 2. The molecule has 1 aromatic rings. The maximum atomic E-state index is 6.12. The molecule has 3 rings (SSSR count). The van der Waals surface area contributed by atoms with Gasteiger partial charge in [0.15, 0.2) is 11.5 Å². The Morgan fingerprint density at radius 1 is 1.33 bits per heavy atom. The highest BCUT2D eigenvalue weighted by Gasteiger charge is 2.26. The number of fused-ring (bicyclic) bond motifs is 1. The Bertz CT molecular complexity index is 444. The number of para-hydroxylation sites is 1. The molecule has 1 fully saturated rings. The predicted molar refractivity (Wildman–Crippen MR) is 72.1 cm³/mol. The third kappa shape index (κ3) is 2.32. The summed E-state index contributed by atoms with van der Waals surface area (Å²) in [5, 5.41) is 3.20. The van der Waals surface area contributed by atoms with E-state index in [2.05, 4.69) is 10.2 Å². The first-order valence-corrected chi connectivity index (χ1v) is 6.80. The number of hydrogen-bond donors (Lipinski definition) is 1. The second-order valence-corrected chi connectivity index (χ2v) is 5.32. The maximum absolute atomic E-state index is 6.12. The first kappa shape index (κ1) is 12.2. The molecule has 0 radical (unpaired) electrons. The minimum Gasteiger partial charge on any atom is -0.482 e. The van der Waals surface area contributed by atoms with Gasteiger partial charge in [0, 0.05) is 19.6 Å². The van der Waals surface area contributed by atoms with E-state index in [-0.39, 0.29) is 5.50 Å². The zero-order chi connectivity index (χ0) is 12.5. The third-order valence-electron chi connectivity index (χ3n) is 3.04. The van der Waals surface area contributed by atoms with E-state index in [0.717, 1.165) is 31.1 Å². The fourth-order valence-electron chi connectivity index (χ4n) is 2.24. The van der Waals surface area contributed by atoms with Crippen molar-refractivity contribution in [2.45, 2.75) is 11.1 Å². The zero-order valence-corrected chi connectivity index (χ0v) is 11.2. The number of rotatable bonds is 1. The van der Waals surface area contributed by atoms with Gasteiger partial charge < -0.3 is 14.4 Å². The average Bonchev–Trinajstić information content (AvgIpc) is 2.37. The highest BCUT2D eigenvalue weighted by Crippen LogP contribution is 2.41. The fourth-order valence-corrected chi connectivity index (χ4v) is 2.67. The molecule has 6 heteroatoms. The molecule has 0 aliphatic carbocycles. The standard InChI is InChI=1S/C12H14Cl2N2O2/c13-10-6-16(5-4-15-10)8-2-1-3-9-12(8)17-7-11(14)18-9/h1-3,10-11,15H,4-7H2. The van der Waals surface area contributed by atoms with Crippen molar-refractivity contribution in [1.29, 1.82) is 0 Å². The van der Waals surface area contributed by atoms with E-state index in [4.69, 9.17) is 32.7 Å². The lowest BCUT2D eigenvalue weighted by atomic mass is 10.2. The summed E-state index contributed by atoms with van der Waals surface area (Å²) in [7, 11) is 0. The monoisotopic (exact) mass is 288 g/mol. The number of halogens is 2. The summed E-state index contributed by atoms with van der Waals surface area (Å²) in [6.07, 6.45) is 0. The van der Waals surface area contributed by atoms with Gasteiger partial charge in [-0.15, -0.1) is 11.6 Å². The molecule has 2 aliphatic rings. The van der Waals surface area contributed by atoms with Gasteiger partial charge in [-0.05, 0) is 12.1 Å². The van der Waals surface area contributed by atoms with Crippen LogP contribution in [0.4, 0.5) is 5.69 Å². The number of anilines is 1. The molecule has 0 saturated carbocycles. The van der Waals surface area contributed by atoms with Gasteiger partial charge >= 0.3 is 0 Å². The van der Waals surface area contributed by atoms with Crippen LogP contribution >= 0.6 is 23.2 Å². The van der Waals surface area contributed by atoms with Crippen LogP contribution in [0.1, 0.15) is 0 Å². The summed E-state index contributed by atoms with van der Waals surface area (Å²) < 4.78 is 11.2. The van der Waals surface area contributed by atoms with Crippen LogP contribution in [0.25, 0.3) is 0 Å². The van der Waals surface area contributed by atoms with Crippen LogP contribution in [0, 0.1) is 0 Å². The van der Waals surface area contributed by atoms with Crippen LogP contribution in [-0.2, 0) is 0 Å². The minimum absolute atomic E-state index is 0.0418. The van der Waals surface area contributed by atoms with Gasteiger partial charge in [-0.2, -0.15) is 0 Å². The predicted octanol–water partition coefficient (Wildman–Crippen LogP) is 2.00. The first-order chi connectivity index (χ1) is 8.74. The molecule has 1 saturated heterocycles. The van der Waals surface area contributed by atoms with Gasteiger partial charge in [0.25, 0.3) is 0 Å². The quantitative estimate of drug-likeness (QED) is 0.633. The summed E-state index contributed by atoms with van der Waals surface area (Å²) in [5.41, 5.74) is 0.555. The van der Waals surface area contributed by atoms with Crippen LogP contribution in [0.2, 0.25) is 0 Å². The molecule has 0 aromatic heterocycles. The highest BCUT2D eigenvalue weighted by molar-refractivity contribution is 6.20. The zero-order valence-electron chi connectivity index (χ0n) is 9.73. The normalized spacial score (nSPS) is 27.1. The number of piperazine rings is 1.